The van der Waals surface area contributed by atoms with Gasteiger partial charge in [-0.2, -0.15) is 0 Å². The van der Waals surface area contributed by atoms with Crippen molar-refractivity contribution < 1.29 is 22.7 Å². The van der Waals surface area contributed by atoms with Crippen LogP contribution in [-0.4, -0.2) is 38.6 Å². The molecule has 0 saturated carbocycles. The largest absolute Gasteiger partial charge is 0.374 e. The number of carbonyl (C=O) groups excluding carboxylic acids is 2. The molecule has 1 N–H and O–H groups in total. The average Bonchev–Trinajstić information content (AvgIpc) is 2.67. The van der Waals surface area contributed by atoms with Gasteiger partial charge in [-0.1, -0.05) is 48.0 Å². The summed E-state index contributed by atoms with van der Waals surface area (Å²) >= 11 is 0. The van der Waals surface area contributed by atoms with Crippen LogP contribution in [-0.2, 0) is 30.7 Å². The zero-order chi connectivity index (χ0) is 20.7. The fraction of sp³-hybridized carbons (Fsp3) is 0.333. The van der Waals surface area contributed by atoms with Crippen LogP contribution >= 0.6 is 0 Å². The number of rotatable bonds is 9. The molecule has 2 atom stereocenters. The Labute approximate surface area is 165 Å². The summed E-state index contributed by atoms with van der Waals surface area (Å²) in [4.78, 5) is 24.6. The third-order valence-corrected chi connectivity index (χ3v) is 6.58. The van der Waals surface area contributed by atoms with Crippen LogP contribution in [0.15, 0.2) is 59.5 Å². The normalized spacial score (nSPS) is 13.5. The first-order valence-electron chi connectivity index (χ1n) is 8.91. The molecule has 1 amide bonds. The van der Waals surface area contributed by atoms with Gasteiger partial charge in [0.2, 0.25) is 5.91 Å². The van der Waals surface area contributed by atoms with Crippen molar-refractivity contribution in [2.75, 3.05) is 7.11 Å². The molecule has 2 unspecified atom stereocenters. The summed E-state index contributed by atoms with van der Waals surface area (Å²) in [5, 5.41) is 1.23. The second-order valence-corrected chi connectivity index (χ2v) is 8.75. The monoisotopic (exact) mass is 403 g/mol. The molecule has 0 spiro atoms. The van der Waals surface area contributed by atoms with Crippen LogP contribution in [0.25, 0.3) is 0 Å². The molecule has 0 aliphatic heterocycles. The van der Waals surface area contributed by atoms with Crippen molar-refractivity contribution in [2.24, 2.45) is 0 Å². The smallest absolute Gasteiger partial charge is 0.239 e. The van der Waals surface area contributed by atoms with Gasteiger partial charge in [-0.3, -0.25) is 9.59 Å². The first kappa shape index (κ1) is 21.8. The van der Waals surface area contributed by atoms with Crippen LogP contribution in [0.2, 0.25) is 0 Å². The standard InChI is InChI=1S/C21H25NO5S/c1-15-9-11-18(12-10-15)28(25,26)20(13-19(27-3)16(2)23)21(24)22-14-17-7-5-4-6-8-17/h4-12,19-20H,13-14H2,1-3H3,(H,22,24). The number of carbonyl (C=O) groups is 2. The van der Waals surface area contributed by atoms with E-state index in [1.165, 1.54) is 26.2 Å². The minimum atomic E-state index is -4.00. The maximum absolute atomic E-state index is 13.1. The van der Waals surface area contributed by atoms with Crippen LogP contribution in [0.1, 0.15) is 24.5 Å². The van der Waals surface area contributed by atoms with E-state index in [2.05, 4.69) is 5.32 Å². The Hall–Kier alpha value is -2.51. The molecule has 0 aliphatic rings. The zero-order valence-electron chi connectivity index (χ0n) is 16.2. The highest BCUT2D eigenvalue weighted by Crippen LogP contribution is 2.22. The minimum absolute atomic E-state index is 0.0383. The van der Waals surface area contributed by atoms with Crippen molar-refractivity contribution in [1.29, 1.82) is 0 Å². The Bertz CT molecular complexity index is 908. The molecule has 0 aromatic heterocycles. The van der Waals surface area contributed by atoms with Crippen molar-refractivity contribution in [3.8, 4) is 0 Å². The van der Waals surface area contributed by atoms with Gasteiger partial charge in [0.1, 0.15) is 11.4 Å². The van der Waals surface area contributed by atoms with E-state index in [1.54, 1.807) is 12.1 Å². The van der Waals surface area contributed by atoms with Gasteiger partial charge < -0.3 is 10.1 Å². The molecule has 28 heavy (non-hydrogen) atoms. The third-order valence-electron chi connectivity index (χ3n) is 4.49. The molecule has 150 valence electrons. The molecule has 6 nitrogen and oxygen atoms in total. The lowest BCUT2D eigenvalue weighted by Gasteiger charge is -2.21. The summed E-state index contributed by atoms with van der Waals surface area (Å²) in [7, 11) is -2.68. The summed E-state index contributed by atoms with van der Waals surface area (Å²) in [6.45, 7) is 3.35. The predicted molar refractivity (Wildman–Crippen MR) is 107 cm³/mol. The molecule has 2 rings (SSSR count). The maximum Gasteiger partial charge on any atom is 0.239 e. The van der Waals surface area contributed by atoms with Crippen LogP contribution < -0.4 is 5.32 Å². The number of hydrogen-bond donors (Lipinski definition) is 1. The van der Waals surface area contributed by atoms with Gasteiger partial charge in [0.15, 0.2) is 15.6 Å². The van der Waals surface area contributed by atoms with E-state index in [0.29, 0.717) is 0 Å². The van der Waals surface area contributed by atoms with Gasteiger partial charge >= 0.3 is 0 Å². The number of nitrogens with one attached hydrogen (secondary N) is 1. The highest BCUT2D eigenvalue weighted by atomic mass is 32.2. The van der Waals surface area contributed by atoms with Gasteiger partial charge in [0.05, 0.1) is 4.90 Å². The quantitative estimate of drug-likeness (QED) is 0.695. The highest BCUT2D eigenvalue weighted by molar-refractivity contribution is 7.92. The van der Waals surface area contributed by atoms with E-state index < -0.39 is 27.1 Å². The lowest BCUT2D eigenvalue weighted by Crippen LogP contribution is -2.43. The number of sulfone groups is 1. The van der Waals surface area contributed by atoms with Crippen molar-refractivity contribution in [3.63, 3.8) is 0 Å². The van der Waals surface area contributed by atoms with Crippen LogP contribution in [0.3, 0.4) is 0 Å². The Morgan fingerprint density at radius 2 is 1.64 bits per heavy atom. The number of Topliss-reactive ketones (excluding diaryl/α,β-unsaturated/α-hetero) is 1. The Kier molecular flexibility index (Phi) is 7.48. The average molecular weight is 404 g/mol. The number of ether oxygens (including phenoxy) is 1. The molecular weight excluding hydrogens is 378 g/mol. The second kappa shape index (κ2) is 9.61. The number of hydrogen-bond acceptors (Lipinski definition) is 5. The lowest BCUT2D eigenvalue weighted by atomic mass is 10.1. The molecule has 0 heterocycles. The van der Waals surface area contributed by atoms with E-state index in [-0.39, 0.29) is 23.6 Å². The van der Waals surface area contributed by atoms with Crippen molar-refractivity contribution in [2.45, 2.75) is 43.1 Å². The molecule has 0 aliphatic carbocycles. The van der Waals surface area contributed by atoms with Crippen molar-refractivity contribution >= 4 is 21.5 Å². The van der Waals surface area contributed by atoms with E-state index in [0.717, 1.165) is 11.1 Å². The topological polar surface area (TPSA) is 89.5 Å². The van der Waals surface area contributed by atoms with Crippen LogP contribution in [0.5, 0.6) is 0 Å². The number of aryl methyl sites for hydroxylation is 1. The fourth-order valence-corrected chi connectivity index (χ4v) is 4.43. The fourth-order valence-electron chi connectivity index (χ4n) is 2.79. The van der Waals surface area contributed by atoms with E-state index in [1.807, 2.05) is 37.3 Å². The number of benzene rings is 2. The Morgan fingerprint density at radius 1 is 1.04 bits per heavy atom. The number of amides is 1. The summed E-state index contributed by atoms with van der Waals surface area (Å²) in [6, 6.07) is 15.5. The summed E-state index contributed by atoms with van der Waals surface area (Å²) < 4.78 is 31.4. The van der Waals surface area contributed by atoms with Gasteiger partial charge in [-0.25, -0.2) is 8.42 Å². The SMILES string of the molecule is COC(CC(C(=O)NCc1ccccc1)S(=O)(=O)c1ccc(C)cc1)C(C)=O. The Balaban J connectivity index is 2.31. The maximum atomic E-state index is 13.1. The molecule has 2 aromatic carbocycles. The number of methoxy groups -OCH3 is 1. The lowest BCUT2D eigenvalue weighted by molar-refractivity contribution is -0.128. The molecule has 0 radical (unpaired) electrons. The third kappa shape index (κ3) is 5.50. The van der Waals surface area contributed by atoms with Crippen LogP contribution in [0, 0.1) is 6.92 Å². The predicted octanol–water partition coefficient (Wildman–Crippen LogP) is 2.45. The summed E-state index contributed by atoms with van der Waals surface area (Å²) in [5.74, 6) is -0.991. The van der Waals surface area contributed by atoms with Gasteiger partial charge in [0.25, 0.3) is 0 Å². The molecular formula is C21H25NO5S. The Morgan fingerprint density at radius 3 is 2.18 bits per heavy atom. The first-order valence-corrected chi connectivity index (χ1v) is 10.5. The van der Waals surface area contributed by atoms with Crippen molar-refractivity contribution in [1.82, 2.24) is 5.32 Å². The zero-order valence-corrected chi connectivity index (χ0v) is 17.0. The van der Waals surface area contributed by atoms with Crippen LogP contribution in [0.4, 0.5) is 0 Å². The van der Waals surface area contributed by atoms with Gasteiger partial charge in [-0.15, -0.1) is 0 Å². The molecule has 2 aromatic rings. The molecule has 0 bridgehead atoms. The second-order valence-electron chi connectivity index (χ2n) is 6.62. The van der Waals surface area contributed by atoms with E-state index in [9.17, 15) is 18.0 Å². The van der Waals surface area contributed by atoms with Crippen molar-refractivity contribution in [3.05, 3.63) is 65.7 Å². The number of ketones is 1. The minimum Gasteiger partial charge on any atom is -0.374 e. The molecule has 0 saturated heterocycles. The van der Waals surface area contributed by atoms with E-state index >= 15 is 0 Å². The molecule has 7 heteroatoms. The first-order chi connectivity index (χ1) is 13.3. The summed E-state index contributed by atoms with van der Waals surface area (Å²) in [6.07, 6.45) is -1.23. The highest BCUT2D eigenvalue weighted by Gasteiger charge is 2.37. The van der Waals surface area contributed by atoms with Gasteiger partial charge in [-0.05, 0) is 31.5 Å². The molecule has 0 fully saturated rings. The van der Waals surface area contributed by atoms with E-state index in [4.69, 9.17) is 4.74 Å². The van der Waals surface area contributed by atoms with Gasteiger partial charge in [0, 0.05) is 20.1 Å². The summed E-state index contributed by atoms with van der Waals surface area (Å²) in [5.41, 5.74) is 1.75.